The van der Waals surface area contributed by atoms with E-state index in [9.17, 15) is 4.79 Å². The van der Waals surface area contributed by atoms with Crippen LogP contribution in [0.3, 0.4) is 0 Å². The van der Waals surface area contributed by atoms with Crippen LogP contribution in [0.2, 0.25) is 0 Å². The lowest BCUT2D eigenvalue weighted by molar-refractivity contribution is -0.123. The Morgan fingerprint density at radius 2 is 1.96 bits per heavy atom. The number of methoxy groups -OCH3 is 1. The van der Waals surface area contributed by atoms with Gasteiger partial charge >= 0.3 is 0 Å². The summed E-state index contributed by atoms with van der Waals surface area (Å²) >= 11 is 0. The Balaban J connectivity index is 0.00000392. The molecule has 0 spiro atoms. The van der Waals surface area contributed by atoms with Crippen LogP contribution < -0.4 is 20.7 Å². The number of carbonyl (C=O) groups is 1. The van der Waals surface area contributed by atoms with Crippen molar-refractivity contribution in [3.05, 3.63) is 29.8 Å². The first-order chi connectivity index (χ1) is 13.2. The molecule has 158 valence electrons. The van der Waals surface area contributed by atoms with Crippen LogP contribution in [0.25, 0.3) is 0 Å². The van der Waals surface area contributed by atoms with E-state index in [1.165, 1.54) is 5.56 Å². The van der Waals surface area contributed by atoms with E-state index in [1.54, 1.807) is 7.11 Å². The predicted molar refractivity (Wildman–Crippen MR) is 123 cm³/mol. The number of nitrogens with zero attached hydrogens (tertiary/aromatic N) is 1. The first-order valence-electron chi connectivity index (χ1n) is 9.73. The van der Waals surface area contributed by atoms with Crippen molar-refractivity contribution in [2.45, 2.75) is 38.6 Å². The molecule has 1 saturated carbocycles. The van der Waals surface area contributed by atoms with Crippen molar-refractivity contribution in [1.29, 1.82) is 0 Å². The summed E-state index contributed by atoms with van der Waals surface area (Å²) in [5.74, 6) is 1.49. The van der Waals surface area contributed by atoms with Crippen molar-refractivity contribution in [2.75, 3.05) is 40.0 Å². The van der Waals surface area contributed by atoms with Gasteiger partial charge in [-0.05, 0) is 50.3 Å². The number of rotatable bonds is 12. The normalized spacial score (nSPS) is 13.4. The topological polar surface area (TPSA) is 84.0 Å². The van der Waals surface area contributed by atoms with Gasteiger partial charge in [-0.1, -0.05) is 12.1 Å². The van der Waals surface area contributed by atoms with E-state index >= 15 is 0 Å². The van der Waals surface area contributed by atoms with Crippen molar-refractivity contribution in [1.82, 2.24) is 16.0 Å². The molecule has 0 saturated heterocycles. The number of amides is 1. The molecular weight excluding hydrogens is 471 g/mol. The van der Waals surface area contributed by atoms with Gasteiger partial charge in [0, 0.05) is 39.4 Å². The van der Waals surface area contributed by atoms with Gasteiger partial charge in [0.1, 0.15) is 5.75 Å². The molecule has 8 heteroatoms. The summed E-state index contributed by atoms with van der Waals surface area (Å²) in [4.78, 5) is 16.2. The fourth-order valence-electron chi connectivity index (χ4n) is 2.46. The molecular formula is C20H33IN4O3. The number of hydrogen-bond acceptors (Lipinski definition) is 4. The molecule has 0 radical (unpaired) electrons. The Bertz CT molecular complexity index is 592. The number of aliphatic imine (C=N–C) groups is 1. The quantitative estimate of drug-likeness (QED) is 0.176. The SMILES string of the molecule is CCNC(=NCCCOC)NCCc1ccc(OCC(=O)NC2CC2)cc1.I. The highest BCUT2D eigenvalue weighted by Crippen LogP contribution is 2.18. The molecule has 0 aromatic heterocycles. The summed E-state index contributed by atoms with van der Waals surface area (Å²) in [7, 11) is 1.70. The molecule has 1 aliphatic rings. The fourth-order valence-corrected chi connectivity index (χ4v) is 2.46. The van der Waals surface area contributed by atoms with Gasteiger partial charge in [0.25, 0.3) is 5.91 Å². The minimum Gasteiger partial charge on any atom is -0.484 e. The van der Waals surface area contributed by atoms with E-state index in [2.05, 4.69) is 27.9 Å². The minimum atomic E-state index is -0.0495. The maximum Gasteiger partial charge on any atom is 0.258 e. The third-order valence-corrected chi connectivity index (χ3v) is 4.06. The first kappa shape index (κ1) is 24.5. The van der Waals surface area contributed by atoms with Gasteiger partial charge in [-0.2, -0.15) is 0 Å². The van der Waals surface area contributed by atoms with E-state index in [0.29, 0.717) is 11.8 Å². The lowest BCUT2D eigenvalue weighted by Gasteiger charge is -2.11. The van der Waals surface area contributed by atoms with Gasteiger partial charge in [-0.25, -0.2) is 0 Å². The molecule has 0 unspecified atom stereocenters. The zero-order valence-corrected chi connectivity index (χ0v) is 19.2. The third kappa shape index (κ3) is 10.7. The van der Waals surface area contributed by atoms with Crippen molar-refractivity contribution < 1.29 is 14.3 Å². The second-order valence-electron chi connectivity index (χ2n) is 6.56. The summed E-state index contributed by atoms with van der Waals surface area (Å²) in [6, 6.07) is 8.23. The molecule has 28 heavy (non-hydrogen) atoms. The predicted octanol–water partition coefficient (Wildman–Crippen LogP) is 2.10. The highest BCUT2D eigenvalue weighted by Gasteiger charge is 2.23. The molecule has 0 aliphatic heterocycles. The van der Waals surface area contributed by atoms with Gasteiger partial charge in [0.2, 0.25) is 0 Å². The minimum absolute atomic E-state index is 0. The first-order valence-corrected chi connectivity index (χ1v) is 9.73. The number of ether oxygens (including phenoxy) is 2. The third-order valence-electron chi connectivity index (χ3n) is 4.06. The standard InChI is InChI=1S/C20H32N4O3.HI/c1-3-21-20(22-12-4-14-26-2)23-13-11-16-5-9-18(10-6-16)27-15-19(25)24-17-7-8-17;/h5-6,9-10,17H,3-4,7-8,11-15H2,1-2H3,(H,24,25)(H2,21,22,23);1H. The second kappa shape index (κ2) is 14.4. The number of benzene rings is 1. The van der Waals surface area contributed by atoms with Crippen LogP contribution in [0, 0.1) is 0 Å². The van der Waals surface area contributed by atoms with Gasteiger partial charge in [-0.15, -0.1) is 24.0 Å². The molecule has 0 heterocycles. The number of halogens is 1. The molecule has 1 amide bonds. The fraction of sp³-hybridized carbons (Fsp3) is 0.600. The molecule has 0 bridgehead atoms. The Hall–Kier alpha value is -1.55. The van der Waals surface area contributed by atoms with Crippen LogP contribution >= 0.6 is 24.0 Å². The Labute approximate surface area is 185 Å². The van der Waals surface area contributed by atoms with Gasteiger partial charge in [0.15, 0.2) is 12.6 Å². The Morgan fingerprint density at radius 3 is 2.61 bits per heavy atom. The Morgan fingerprint density at radius 1 is 1.21 bits per heavy atom. The summed E-state index contributed by atoms with van der Waals surface area (Å²) in [6.45, 7) is 5.21. The molecule has 0 atom stereocenters. The molecule has 1 aromatic carbocycles. The van der Waals surface area contributed by atoms with Crippen LogP contribution in [0.5, 0.6) is 5.75 Å². The van der Waals surface area contributed by atoms with E-state index < -0.39 is 0 Å². The summed E-state index contributed by atoms with van der Waals surface area (Å²) in [5.41, 5.74) is 1.20. The number of nitrogens with one attached hydrogen (secondary N) is 3. The smallest absolute Gasteiger partial charge is 0.258 e. The summed E-state index contributed by atoms with van der Waals surface area (Å²) in [5, 5.41) is 9.49. The zero-order chi connectivity index (χ0) is 19.3. The van der Waals surface area contributed by atoms with Crippen molar-refractivity contribution in [3.63, 3.8) is 0 Å². The average Bonchev–Trinajstić information content (AvgIpc) is 3.48. The van der Waals surface area contributed by atoms with Gasteiger partial charge < -0.3 is 25.4 Å². The second-order valence-corrected chi connectivity index (χ2v) is 6.56. The maximum atomic E-state index is 11.6. The van der Waals surface area contributed by atoms with Crippen molar-refractivity contribution >= 4 is 35.8 Å². The van der Waals surface area contributed by atoms with Gasteiger partial charge in [-0.3, -0.25) is 9.79 Å². The van der Waals surface area contributed by atoms with Crippen LogP contribution in [0.1, 0.15) is 31.7 Å². The summed E-state index contributed by atoms with van der Waals surface area (Å²) in [6.07, 6.45) is 3.96. The highest BCUT2D eigenvalue weighted by molar-refractivity contribution is 14.0. The number of hydrogen-bond donors (Lipinski definition) is 3. The van der Waals surface area contributed by atoms with E-state index in [1.807, 2.05) is 24.3 Å². The molecule has 3 N–H and O–H groups in total. The molecule has 2 rings (SSSR count). The maximum absolute atomic E-state index is 11.6. The van der Waals surface area contributed by atoms with E-state index in [0.717, 1.165) is 57.9 Å². The molecule has 1 fully saturated rings. The van der Waals surface area contributed by atoms with Crippen LogP contribution in [0.15, 0.2) is 29.3 Å². The lowest BCUT2D eigenvalue weighted by atomic mass is 10.1. The Kier molecular flexibility index (Phi) is 12.6. The van der Waals surface area contributed by atoms with Crippen LogP contribution in [0.4, 0.5) is 0 Å². The largest absolute Gasteiger partial charge is 0.484 e. The van der Waals surface area contributed by atoms with Crippen LogP contribution in [-0.4, -0.2) is 57.9 Å². The summed E-state index contributed by atoms with van der Waals surface area (Å²) < 4.78 is 10.6. The highest BCUT2D eigenvalue weighted by atomic mass is 127. The number of carbonyl (C=O) groups excluding carboxylic acids is 1. The van der Waals surface area contributed by atoms with Crippen LogP contribution in [-0.2, 0) is 16.0 Å². The number of guanidine groups is 1. The molecule has 7 nitrogen and oxygen atoms in total. The van der Waals surface area contributed by atoms with Crippen molar-refractivity contribution in [3.8, 4) is 5.75 Å². The van der Waals surface area contributed by atoms with E-state index in [4.69, 9.17) is 9.47 Å². The lowest BCUT2D eigenvalue weighted by Crippen LogP contribution is -2.38. The van der Waals surface area contributed by atoms with Gasteiger partial charge in [0.05, 0.1) is 0 Å². The van der Waals surface area contributed by atoms with Crippen molar-refractivity contribution in [2.24, 2.45) is 4.99 Å². The average molecular weight is 504 g/mol. The van der Waals surface area contributed by atoms with E-state index in [-0.39, 0.29) is 36.5 Å². The zero-order valence-electron chi connectivity index (χ0n) is 16.8. The molecule has 1 aromatic rings. The monoisotopic (exact) mass is 504 g/mol. The molecule has 1 aliphatic carbocycles.